The van der Waals surface area contributed by atoms with Crippen molar-refractivity contribution in [3.8, 4) is 0 Å². The van der Waals surface area contributed by atoms with Crippen LogP contribution in [-0.2, 0) is 13.0 Å². The van der Waals surface area contributed by atoms with Crippen LogP contribution in [0.15, 0.2) is 77.6 Å². The molecule has 0 fully saturated rings. The summed E-state index contributed by atoms with van der Waals surface area (Å²) in [6.07, 6.45) is 1.45. The molecule has 5 nitrogen and oxygen atoms in total. The number of amides is 1. The maximum atomic E-state index is 12.8. The van der Waals surface area contributed by atoms with Crippen LogP contribution < -0.4 is 10.9 Å². The van der Waals surface area contributed by atoms with E-state index in [1.165, 1.54) is 16.8 Å². The molecule has 27 heavy (non-hydrogen) atoms. The van der Waals surface area contributed by atoms with E-state index in [-0.39, 0.29) is 23.2 Å². The van der Waals surface area contributed by atoms with Gasteiger partial charge in [0.05, 0.1) is 6.04 Å². The average Bonchev–Trinajstić information content (AvgIpc) is 2.70. The molecule has 0 spiro atoms. The van der Waals surface area contributed by atoms with Crippen LogP contribution >= 0.6 is 0 Å². The van der Waals surface area contributed by atoms with Gasteiger partial charge in [0, 0.05) is 12.6 Å². The first-order valence-electron chi connectivity index (χ1n) is 9.15. The second kappa shape index (κ2) is 8.94. The van der Waals surface area contributed by atoms with Crippen molar-refractivity contribution in [2.45, 2.75) is 32.4 Å². The highest BCUT2D eigenvalue weighted by atomic mass is 16.2. The second-order valence-electron chi connectivity index (χ2n) is 6.41. The number of carbonyl (C=O) groups excluding carboxylic acids is 1. The fourth-order valence-corrected chi connectivity index (χ4v) is 2.96. The van der Waals surface area contributed by atoms with E-state index in [0.717, 1.165) is 17.5 Å². The van der Waals surface area contributed by atoms with Gasteiger partial charge in [-0.2, -0.15) is 5.10 Å². The van der Waals surface area contributed by atoms with E-state index in [1.54, 1.807) is 0 Å². The number of rotatable bonds is 7. The molecule has 1 atom stereocenters. The third kappa shape index (κ3) is 4.91. The van der Waals surface area contributed by atoms with Crippen LogP contribution in [0.4, 0.5) is 0 Å². The molecule has 0 aliphatic heterocycles. The molecular weight excluding hydrogens is 338 g/mol. The molecule has 0 radical (unpaired) electrons. The van der Waals surface area contributed by atoms with Gasteiger partial charge in [-0.25, -0.2) is 4.68 Å². The summed E-state index contributed by atoms with van der Waals surface area (Å²) in [5.41, 5.74) is 2.21. The Balaban J connectivity index is 1.84. The molecule has 0 aliphatic carbocycles. The van der Waals surface area contributed by atoms with Gasteiger partial charge in [0.2, 0.25) is 0 Å². The van der Waals surface area contributed by atoms with Crippen molar-refractivity contribution < 1.29 is 4.79 Å². The summed E-state index contributed by atoms with van der Waals surface area (Å²) < 4.78 is 1.34. The highest BCUT2D eigenvalue weighted by Crippen LogP contribution is 2.18. The number of hydrogen-bond donors (Lipinski definition) is 1. The Labute approximate surface area is 158 Å². The minimum absolute atomic E-state index is 0.186. The molecule has 1 aromatic heterocycles. The first-order chi connectivity index (χ1) is 13.2. The standard InChI is InChI=1S/C22H23N3O2/c1-2-15-25-21(26)14-13-19(24-25)22(27)23-20(18-11-7-4-8-12-18)16-17-9-5-3-6-10-17/h3-14,20H,2,15-16H2,1H3,(H,23,27)/t20-/m1/s1. The van der Waals surface area contributed by atoms with Crippen molar-refractivity contribution in [1.82, 2.24) is 15.1 Å². The molecule has 0 aliphatic rings. The van der Waals surface area contributed by atoms with Gasteiger partial charge >= 0.3 is 0 Å². The van der Waals surface area contributed by atoms with E-state index in [2.05, 4.69) is 10.4 Å². The molecule has 3 rings (SSSR count). The molecule has 1 heterocycles. The fraction of sp³-hybridized carbons (Fsp3) is 0.227. The summed E-state index contributed by atoms with van der Waals surface area (Å²) in [5, 5.41) is 7.28. The third-order valence-corrected chi connectivity index (χ3v) is 4.32. The Hall–Kier alpha value is -3.21. The van der Waals surface area contributed by atoms with Crippen molar-refractivity contribution in [3.63, 3.8) is 0 Å². The molecule has 0 saturated carbocycles. The molecule has 1 N–H and O–H groups in total. The van der Waals surface area contributed by atoms with E-state index < -0.39 is 0 Å². The minimum atomic E-state index is -0.287. The summed E-state index contributed by atoms with van der Waals surface area (Å²) in [5.74, 6) is -0.287. The van der Waals surface area contributed by atoms with Crippen molar-refractivity contribution in [2.24, 2.45) is 0 Å². The summed E-state index contributed by atoms with van der Waals surface area (Å²) in [7, 11) is 0. The number of benzene rings is 2. The SMILES string of the molecule is CCCn1nc(C(=O)N[C@H](Cc2ccccc2)c2ccccc2)ccc1=O. The van der Waals surface area contributed by atoms with Gasteiger partial charge in [-0.05, 0) is 30.0 Å². The number of aryl methyl sites for hydroxylation is 1. The normalized spacial score (nSPS) is 11.7. The fourth-order valence-electron chi connectivity index (χ4n) is 2.96. The topological polar surface area (TPSA) is 64.0 Å². The third-order valence-electron chi connectivity index (χ3n) is 4.32. The number of aromatic nitrogens is 2. The van der Waals surface area contributed by atoms with Gasteiger partial charge in [0.15, 0.2) is 0 Å². The molecule has 5 heteroatoms. The first kappa shape index (κ1) is 18.6. The summed E-state index contributed by atoms with van der Waals surface area (Å²) in [6, 6.07) is 22.6. The Kier molecular flexibility index (Phi) is 6.15. The number of carbonyl (C=O) groups is 1. The zero-order valence-corrected chi connectivity index (χ0v) is 15.3. The molecule has 0 unspecified atom stereocenters. The lowest BCUT2D eigenvalue weighted by atomic mass is 9.98. The Morgan fingerprint density at radius 2 is 1.67 bits per heavy atom. The predicted molar refractivity (Wildman–Crippen MR) is 106 cm³/mol. The average molecular weight is 361 g/mol. The van der Waals surface area contributed by atoms with Gasteiger partial charge < -0.3 is 5.32 Å². The second-order valence-corrected chi connectivity index (χ2v) is 6.41. The zero-order chi connectivity index (χ0) is 19.1. The summed E-state index contributed by atoms with van der Waals surface area (Å²) >= 11 is 0. The lowest BCUT2D eigenvalue weighted by molar-refractivity contribution is 0.0928. The highest BCUT2D eigenvalue weighted by molar-refractivity contribution is 5.92. The van der Waals surface area contributed by atoms with Crippen LogP contribution in [0.25, 0.3) is 0 Å². The van der Waals surface area contributed by atoms with Crippen LogP contribution in [0.1, 0.15) is 41.0 Å². The van der Waals surface area contributed by atoms with Gasteiger partial charge in [0.1, 0.15) is 5.69 Å². The van der Waals surface area contributed by atoms with Gasteiger partial charge in [0.25, 0.3) is 11.5 Å². The molecule has 1 amide bonds. The maximum Gasteiger partial charge on any atom is 0.272 e. The van der Waals surface area contributed by atoms with Crippen molar-refractivity contribution in [1.29, 1.82) is 0 Å². The van der Waals surface area contributed by atoms with Crippen LogP contribution in [0.2, 0.25) is 0 Å². The predicted octanol–water partition coefficient (Wildman–Crippen LogP) is 3.37. The lowest BCUT2D eigenvalue weighted by Crippen LogP contribution is -2.33. The molecule has 138 valence electrons. The maximum absolute atomic E-state index is 12.8. The first-order valence-corrected chi connectivity index (χ1v) is 9.15. The lowest BCUT2D eigenvalue weighted by Gasteiger charge is -2.19. The van der Waals surface area contributed by atoms with Gasteiger partial charge in [-0.15, -0.1) is 0 Å². The van der Waals surface area contributed by atoms with E-state index in [9.17, 15) is 9.59 Å². The van der Waals surface area contributed by atoms with Gasteiger partial charge in [-0.1, -0.05) is 67.6 Å². The highest BCUT2D eigenvalue weighted by Gasteiger charge is 2.18. The molecule has 2 aromatic carbocycles. The summed E-state index contributed by atoms with van der Waals surface area (Å²) in [4.78, 5) is 24.6. The van der Waals surface area contributed by atoms with Crippen LogP contribution in [0, 0.1) is 0 Å². The van der Waals surface area contributed by atoms with E-state index in [4.69, 9.17) is 0 Å². The molecular formula is C22H23N3O2. The molecule has 0 saturated heterocycles. The van der Waals surface area contributed by atoms with E-state index in [1.807, 2.05) is 67.6 Å². The monoisotopic (exact) mass is 361 g/mol. The number of nitrogens with one attached hydrogen (secondary N) is 1. The molecule has 3 aromatic rings. The van der Waals surface area contributed by atoms with Gasteiger partial charge in [-0.3, -0.25) is 9.59 Å². The van der Waals surface area contributed by atoms with Crippen LogP contribution in [-0.4, -0.2) is 15.7 Å². The van der Waals surface area contributed by atoms with Crippen LogP contribution in [0.3, 0.4) is 0 Å². The Morgan fingerprint density at radius 1 is 1.00 bits per heavy atom. The quantitative estimate of drug-likeness (QED) is 0.702. The van der Waals surface area contributed by atoms with Crippen molar-refractivity contribution in [2.75, 3.05) is 0 Å². The molecule has 0 bridgehead atoms. The Morgan fingerprint density at radius 3 is 2.33 bits per heavy atom. The minimum Gasteiger partial charge on any atom is -0.344 e. The van der Waals surface area contributed by atoms with Crippen molar-refractivity contribution in [3.05, 3.63) is 100.0 Å². The van der Waals surface area contributed by atoms with Crippen LogP contribution in [0.5, 0.6) is 0 Å². The number of hydrogen-bond acceptors (Lipinski definition) is 3. The zero-order valence-electron chi connectivity index (χ0n) is 15.3. The summed E-state index contributed by atoms with van der Waals surface area (Å²) in [6.45, 7) is 2.46. The van der Waals surface area contributed by atoms with E-state index >= 15 is 0 Å². The number of nitrogens with zero attached hydrogens (tertiary/aromatic N) is 2. The van der Waals surface area contributed by atoms with Crippen molar-refractivity contribution >= 4 is 5.91 Å². The Bertz CT molecular complexity index is 937. The smallest absolute Gasteiger partial charge is 0.272 e. The largest absolute Gasteiger partial charge is 0.344 e. The van der Waals surface area contributed by atoms with E-state index in [0.29, 0.717) is 13.0 Å².